The Bertz CT molecular complexity index is 2440. The minimum absolute atomic E-state index is 1.00. The third-order valence-corrected chi connectivity index (χ3v) is 31.9. The van der Waals surface area contributed by atoms with Gasteiger partial charge in [0.2, 0.25) is 0 Å². The highest BCUT2D eigenvalue weighted by Crippen LogP contribution is 2.16. The molecule has 0 radical (unpaired) electrons. The molecule has 0 atom stereocenters. The van der Waals surface area contributed by atoms with Crippen molar-refractivity contribution in [2.24, 2.45) is 0 Å². The Morgan fingerprint density at radius 1 is 0.174 bits per heavy atom. The highest BCUT2D eigenvalue weighted by molar-refractivity contribution is 7.20. The summed E-state index contributed by atoms with van der Waals surface area (Å²) in [6.45, 7) is 0. The van der Waals surface area contributed by atoms with Gasteiger partial charge in [-0.15, -0.1) is 0 Å². The highest BCUT2D eigenvalue weighted by Gasteiger charge is 2.48. The third kappa shape index (κ3) is 8.67. The van der Waals surface area contributed by atoms with Gasteiger partial charge in [-0.1, -0.05) is 218 Å². The fourth-order valence-corrected chi connectivity index (χ4v) is 25.7. The number of benzene rings is 8. The average molecular weight is 1000 g/mol. The van der Waals surface area contributed by atoms with E-state index in [4.69, 9.17) is 35.4 Å². The molecule has 0 aliphatic carbocycles. The molecule has 8 aromatic rings. The molecule has 13 heteroatoms. The first kappa shape index (κ1) is 49.9. The lowest BCUT2D eigenvalue weighted by Crippen LogP contribution is -2.75. The first-order valence-corrected chi connectivity index (χ1v) is 32.1. The minimum Gasteiger partial charge on any atom is -0.391 e. The molecular formula is C56H60O8Si5. The zero-order valence-corrected chi connectivity index (χ0v) is 45.6. The molecule has 352 valence electrons. The zero-order valence-electron chi connectivity index (χ0n) is 40.6. The summed E-state index contributed by atoms with van der Waals surface area (Å²) in [7, 11) is -1.63. The standard InChI is InChI=1S/C56H60O8Si5/c1-57-66(58-2,49-21-13-9-14-22-49)53-37-29-45(30-38-53)65(46-31-39-54(40-32-46)67(59-3,60-4)50-23-15-10-16-24-50,47-33-41-55(42-34-47)68(61-5,62-6)51-25-17-11-18-26-51)48-35-43-56(44-36-48)69(63-7,64-8)52-27-19-12-20-28-52/h9-44H,1-8H3. The van der Waals surface area contributed by atoms with E-state index in [1.165, 1.54) is 20.7 Å². The predicted molar refractivity (Wildman–Crippen MR) is 292 cm³/mol. The van der Waals surface area contributed by atoms with E-state index in [9.17, 15) is 0 Å². The first-order valence-electron chi connectivity index (χ1n) is 22.8. The molecule has 0 aliphatic rings. The van der Waals surface area contributed by atoms with E-state index in [2.05, 4.69) is 146 Å². The Morgan fingerprint density at radius 3 is 0.449 bits per heavy atom. The van der Waals surface area contributed by atoms with Gasteiger partial charge in [0.05, 0.1) is 0 Å². The Labute approximate surface area is 413 Å². The van der Waals surface area contributed by atoms with Crippen molar-refractivity contribution in [3.63, 3.8) is 0 Å². The van der Waals surface area contributed by atoms with Gasteiger partial charge in [0.25, 0.3) is 0 Å². The summed E-state index contributed by atoms with van der Waals surface area (Å²) in [6, 6.07) is 77.0. The second kappa shape index (κ2) is 21.7. The Kier molecular flexibility index (Phi) is 15.7. The van der Waals surface area contributed by atoms with Gasteiger partial charge < -0.3 is 35.4 Å². The van der Waals surface area contributed by atoms with Crippen LogP contribution in [-0.4, -0.2) is 99.2 Å². The van der Waals surface area contributed by atoms with E-state index in [0.717, 1.165) is 41.5 Å². The molecule has 0 fully saturated rings. The van der Waals surface area contributed by atoms with Crippen LogP contribution in [0.1, 0.15) is 0 Å². The fraction of sp³-hybridized carbons (Fsp3) is 0.143. The third-order valence-electron chi connectivity index (χ3n) is 13.7. The Balaban J connectivity index is 1.41. The second-order valence-electron chi connectivity index (χ2n) is 16.6. The fourth-order valence-electron chi connectivity index (χ4n) is 10.3. The van der Waals surface area contributed by atoms with Gasteiger partial charge in [-0.3, -0.25) is 0 Å². The largest absolute Gasteiger partial charge is 0.406 e. The summed E-state index contributed by atoms with van der Waals surface area (Å²) in [4.78, 5) is 0. The van der Waals surface area contributed by atoms with Crippen LogP contribution in [0.25, 0.3) is 0 Å². The molecular weight excluding hydrogens is 941 g/mol. The van der Waals surface area contributed by atoms with Gasteiger partial charge in [0.15, 0.2) is 8.07 Å². The van der Waals surface area contributed by atoms with Crippen LogP contribution in [0, 0.1) is 0 Å². The zero-order chi connectivity index (χ0) is 48.5. The van der Waals surface area contributed by atoms with E-state index in [-0.39, 0.29) is 0 Å². The summed E-state index contributed by atoms with van der Waals surface area (Å²) < 4.78 is 51.3. The molecule has 8 nitrogen and oxygen atoms in total. The van der Waals surface area contributed by atoms with E-state index in [1.807, 2.05) is 72.8 Å². The Morgan fingerprint density at radius 2 is 0.304 bits per heavy atom. The summed E-state index contributed by atoms with van der Waals surface area (Å²) in [5.74, 6) is 0. The van der Waals surface area contributed by atoms with Crippen LogP contribution >= 0.6 is 0 Å². The summed E-state index contributed by atoms with van der Waals surface area (Å²) in [5.41, 5.74) is 0. The molecule has 0 bridgehead atoms. The average Bonchev–Trinajstić information content (AvgIpc) is 3.43. The van der Waals surface area contributed by atoms with Crippen molar-refractivity contribution in [1.29, 1.82) is 0 Å². The molecule has 0 saturated heterocycles. The monoisotopic (exact) mass is 1000 g/mol. The van der Waals surface area contributed by atoms with Crippen molar-refractivity contribution in [3.05, 3.63) is 218 Å². The summed E-state index contributed by atoms with van der Waals surface area (Å²) in [6.07, 6.45) is 0. The van der Waals surface area contributed by atoms with Gasteiger partial charge in [0, 0.05) is 56.9 Å². The number of rotatable bonds is 20. The van der Waals surface area contributed by atoms with Gasteiger partial charge in [0.1, 0.15) is 0 Å². The summed E-state index contributed by atoms with van der Waals surface area (Å²) >= 11 is 0. The molecule has 0 N–H and O–H groups in total. The molecule has 8 rings (SSSR count). The van der Waals surface area contributed by atoms with E-state index in [1.54, 1.807) is 56.9 Å². The quantitative estimate of drug-likeness (QED) is 0.0854. The van der Waals surface area contributed by atoms with Crippen molar-refractivity contribution in [3.8, 4) is 0 Å². The molecule has 0 unspecified atom stereocenters. The molecule has 0 amide bonds. The van der Waals surface area contributed by atoms with Gasteiger partial charge in [-0.25, -0.2) is 0 Å². The van der Waals surface area contributed by atoms with E-state index in [0.29, 0.717) is 0 Å². The van der Waals surface area contributed by atoms with Crippen molar-refractivity contribution in [2.45, 2.75) is 0 Å². The maximum atomic E-state index is 6.42. The summed E-state index contributed by atoms with van der Waals surface area (Å²) in [5, 5.41) is 12.8. The number of hydrogen-bond donors (Lipinski definition) is 0. The lowest BCUT2D eigenvalue weighted by molar-refractivity contribution is 0.272. The second-order valence-corrected chi connectivity index (χ2v) is 33.2. The van der Waals surface area contributed by atoms with Crippen LogP contribution in [0.3, 0.4) is 0 Å². The van der Waals surface area contributed by atoms with Crippen molar-refractivity contribution in [1.82, 2.24) is 0 Å². The number of hydrogen-bond acceptors (Lipinski definition) is 8. The van der Waals surface area contributed by atoms with Gasteiger partial charge in [-0.05, 0) is 62.2 Å². The lowest BCUT2D eigenvalue weighted by atomic mass is 10.3. The molecule has 69 heavy (non-hydrogen) atoms. The molecule has 0 aliphatic heterocycles. The molecule has 0 saturated carbocycles. The van der Waals surface area contributed by atoms with Crippen molar-refractivity contribution in [2.75, 3.05) is 56.9 Å². The minimum atomic E-state index is -3.29. The van der Waals surface area contributed by atoms with E-state index < -0.39 is 42.3 Å². The lowest BCUT2D eigenvalue weighted by Gasteiger charge is -2.37. The SMILES string of the molecule is CO[Si](OC)(c1ccccc1)c1ccc([Si](c2ccc([Si](OC)(OC)c3ccccc3)cc2)(c2ccc([Si](OC)(OC)c3ccccc3)cc2)c2ccc([Si](OC)(OC)c3ccccc3)cc2)cc1. The van der Waals surface area contributed by atoms with Crippen molar-refractivity contribution >= 4 is 105 Å². The van der Waals surface area contributed by atoms with Gasteiger partial charge >= 0.3 is 34.2 Å². The van der Waals surface area contributed by atoms with Crippen LogP contribution in [0.5, 0.6) is 0 Å². The normalized spacial score (nSPS) is 12.5. The van der Waals surface area contributed by atoms with Crippen LogP contribution in [0.4, 0.5) is 0 Å². The van der Waals surface area contributed by atoms with Crippen LogP contribution in [0.2, 0.25) is 0 Å². The molecule has 0 spiro atoms. The topological polar surface area (TPSA) is 73.8 Å². The van der Waals surface area contributed by atoms with E-state index >= 15 is 0 Å². The van der Waals surface area contributed by atoms with Crippen molar-refractivity contribution < 1.29 is 35.4 Å². The van der Waals surface area contributed by atoms with Crippen LogP contribution < -0.4 is 62.2 Å². The highest BCUT2D eigenvalue weighted by atomic mass is 28.4. The van der Waals surface area contributed by atoms with Crippen LogP contribution in [0.15, 0.2) is 218 Å². The maximum absolute atomic E-state index is 6.42. The molecule has 0 aromatic heterocycles. The first-order chi connectivity index (χ1) is 33.7. The Hall–Kier alpha value is -5.48. The van der Waals surface area contributed by atoms with Gasteiger partial charge in [-0.2, -0.15) is 0 Å². The maximum Gasteiger partial charge on any atom is 0.406 e. The molecule has 8 aromatic carbocycles. The van der Waals surface area contributed by atoms with Crippen LogP contribution in [-0.2, 0) is 35.4 Å². The molecule has 0 heterocycles. The predicted octanol–water partition coefficient (Wildman–Crippen LogP) is 2.46. The smallest absolute Gasteiger partial charge is 0.391 e.